The van der Waals surface area contributed by atoms with E-state index < -0.39 is 0 Å². The van der Waals surface area contributed by atoms with Crippen LogP contribution in [0.15, 0.2) is 38.6 Å². The van der Waals surface area contributed by atoms with E-state index in [1.807, 2.05) is 11.3 Å². The Morgan fingerprint density at radius 3 is 2.41 bits per heavy atom. The Labute approximate surface area is 125 Å². The summed E-state index contributed by atoms with van der Waals surface area (Å²) >= 11 is 6.60. The van der Waals surface area contributed by atoms with Gasteiger partial charge in [0.05, 0.1) is 0 Å². The van der Waals surface area contributed by atoms with Crippen LogP contribution < -0.4 is 0 Å². The Bertz CT molecular complexity index is 648. The third-order valence-corrected chi connectivity index (χ3v) is 9.35. The number of thiophene rings is 1. The molecule has 0 amide bonds. The third kappa shape index (κ3) is 2.35. The van der Waals surface area contributed by atoms with Gasteiger partial charge in [0.15, 0.2) is 0 Å². The molecule has 3 aromatic rings. The van der Waals surface area contributed by atoms with Crippen LogP contribution in [0.2, 0.25) is 0 Å². The van der Waals surface area contributed by atoms with Crippen LogP contribution in [0, 0.1) is 6.92 Å². The van der Waals surface area contributed by atoms with Gasteiger partial charge in [-0.25, -0.2) is 0 Å². The molecule has 17 heavy (non-hydrogen) atoms. The van der Waals surface area contributed by atoms with Crippen LogP contribution in [-0.2, 0) is 0 Å². The Kier molecular flexibility index (Phi) is 3.63. The average Bonchev–Trinajstić information content (AvgIpc) is 2.97. The standard InChI is InChI=1S/C13H9BrSSe2/c1-8-2-3-11(15-8)9-4-6-16-12(9)13-10(14)5-7-17-13/h2-7H,1H3. The van der Waals surface area contributed by atoms with Crippen molar-refractivity contribution >= 4 is 56.3 Å². The number of halogens is 1. The minimum atomic E-state index is 0.509. The zero-order valence-electron chi connectivity index (χ0n) is 9.07. The van der Waals surface area contributed by atoms with Crippen molar-refractivity contribution in [3.8, 4) is 19.3 Å². The summed E-state index contributed by atoms with van der Waals surface area (Å²) in [7, 11) is 0. The molecule has 0 saturated carbocycles. The maximum atomic E-state index is 3.68. The number of aryl methyl sites for hydroxylation is 1. The molecule has 0 aliphatic carbocycles. The molecular weight excluding hydrogens is 426 g/mol. The van der Waals surface area contributed by atoms with E-state index in [1.54, 1.807) is 8.87 Å². The normalized spacial score (nSPS) is 10.9. The first kappa shape index (κ1) is 12.2. The van der Waals surface area contributed by atoms with E-state index >= 15 is 0 Å². The SMILES string of the molecule is Cc1ccc(-c2cc[se]c2-c2[se]ccc2Br)s1. The molecule has 0 spiro atoms. The second kappa shape index (κ2) is 5.05. The van der Waals surface area contributed by atoms with Crippen molar-refractivity contribution in [2.75, 3.05) is 0 Å². The molecule has 3 rings (SSSR count). The van der Waals surface area contributed by atoms with Gasteiger partial charge in [-0.15, -0.1) is 0 Å². The summed E-state index contributed by atoms with van der Waals surface area (Å²) < 4.78 is 4.42. The van der Waals surface area contributed by atoms with Gasteiger partial charge in [-0.2, -0.15) is 0 Å². The first-order valence-corrected chi connectivity index (χ1v) is 10.4. The summed E-state index contributed by atoms with van der Waals surface area (Å²) in [5, 5.41) is 0. The van der Waals surface area contributed by atoms with E-state index in [0.29, 0.717) is 29.0 Å². The average molecular weight is 435 g/mol. The van der Waals surface area contributed by atoms with Gasteiger partial charge in [-0.05, 0) is 0 Å². The van der Waals surface area contributed by atoms with Crippen LogP contribution in [0.4, 0.5) is 0 Å². The number of hydrogen-bond donors (Lipinski definition) is 0. The molecule has 3 heterocycles. The summed E-state index contributed by atoms with van der Waals surface area (Å²) in [5.74, 6) is 0. The third-order valence-electron chi connectivity index (χ3n) is 2.49. The molecule has 0 fully saturated rings. The molecule has 0 saturated heterocycles. The molecule has 0 radical (unpaired) electrons. The van der Waals surface area contributed by atoms with Crippen molar-refractivity contribution in [2.45, 2.75) is 6.92 Å². The second-order valence-electron chi connectivity index (χ2n) is 3.67. The fourth-order valence-electron chi connectivity index (χ4n) is 1.71. The Morgan fingerprint density at radius 2 is 1.76 bits per heavy atom. The van der Waals surface area contributed by atoms with Crippen LogP contribution in [0.1, 0.15) is 4.88 Å². The summed E-state index contributed by atoms with van der Waals surface area (Å²) in [6.45, 7) is 2.18. The fraction of sp³-hybridized carbons (Fsp3) is 0.0769. The molecule has 0 N–H and O–H groups in total. The fourth-order valence-corrected chi connectivity index (χ4v) is 8.67. The van der Waals surface area contributed by atoms with Crippen molar-refractivity contribution in [3.63, 3.8) is 0 Å². The molecule has 86 valence electrons. The molecule has 3 aromatic heterocycles. The molecule has 4 heteroatoms. The van der Waals surface area contributed by atoms with Crippen LogP contribution >= 0.6 is 27.3 Å². The van der Waals surface area contributed by atoms with Crippen molar-refractivity contribution in [1.29, 1.82) is 0 Å². The van der Waals surface area contributed by atoms with E-state index in [-0.39, 0.29) is 0 Å². The van der Waals surface area contributed by atoms with E-state index in [0.717, 1.165) is 0 Å². The zero-order valence-corrected chi connectivity index (χ0v) is 14.9. The first-order valence-electron chi connectivity index (χ1n) is 5.13. The monoisotopic (exact) mass is 436 g/mol. The Morgan fingerprint density at radius 1 is 1.00 bits per heavy atom. The number of rotatable bonds is 2. The predicted molar refractivity (Wildman–Crippen MR) is 81.5 cm³/mol. The maximum absolute atomic E-state index is 3.68. The Balaban J connectivity index is 2.15. The van der Waals surface area contributed by atoms with E-state index in [1.165, 1.54) is 19.8 Å². The van der Waals surface area contributed by atoms with Crippen LogP contribution in [0.5, 0.6) is 0 Å². The van der Waals surface area contributed by atoms with Crippen molar-refractivity contribution in [1.82, 2.24) is 0 Å². The molecule has 0 bridgehead atoms. The first-order chi connectivity index (χ1) is 8.25. The summed E-state index contributed by atoms with van der Waals surface area (Å²) in [5.41, 5.74) is 1.46. The van der Waals surface area contributed by atoms with Gasteiger partial charge >= 0.3 is 126 Å². The van der Waals surface area contributed by atoms with E-state index in [2.05, 4.69) is 57.0 Å². The van der Waals surface area contributed by atoms with Gasteiger partial charge in [-0.1, -0.05) is 0 Å². The molecule has 0 aliphatic heterocycles. The van der Waals surface area contributed by atoms with Crippen molar-refractivity contribution in [2.24, 2.45) is 0 Å². The van der Waals surface area contributed by atoms with Crippen LogP contribution in [-0.4, -0.2) is 29.0 Å². The number of hydrogen-bond acceptors (Lipinski definition) is 1. The molecule has 0 unspecified atom stereocenters. The van der Waals surface area contributed by atoms with Gasteiger partial charge in [0.25, 0.3) is 0 Å². The molecule has 0 nitrogen and oxygen atoms in total. The minimum absolute atomic E-state index is 0.509. The van der Waals surface area contributed by atoms with Gasteiger partial charge in [0.1, 0.15) is 0 Å². The quantitative estimate of drug-likeness (QED) is 0.528. The molecule has 0 atom stereocenters. The van der Waals surface area contributed by atoms with Gasteiger partial charge in [0, 0.05) is 0 Å². The van der Waals surface area contributed by atoms with Crippen molar-refractivity contribution < 1.29 is 0 Å². The van der Waals surface area contributed by atoms with Crippen LogP contribution in [0.3, 0.4) is 0 Å². The Hall–Kier alpha value is 0.179. The van der Waals surface area contributed by atoms with E-state index in [9.17, 15) is 0 Å². The topological polar surface area (TPSA) is 0 Å². The summed E-state index contributed by atoms with van der Waals surface area (Å²) in [4.78, 5) is 7.45. The van der Waals surface area contributed by atoms with Gasteiger partial charge in [-0.3, -0.25) is 0 Å². The summed E-state index contributed by atoms with van der Waals surface area (Å²) in [6, 6.07) is 8.98. The van der Waals surface area contributed by atoms with E-state index in [4.69, 9.17) is 0 Å². The molecule has 0 aromatic carbocycles. The molecule has 0 aliphatic rings. The second-order valence-corrected chi connectivity index (χ2v) is 9.66. The van der Waals surface area contributed by atoms with Gasteiger partial charge < -0.3 is 0 Å². The predicted octanol–water partition coefficient (Wildman–Crippen LogP) is 4.27. The van der Waals surface area contributed by atoms with Gasteiger partial charge in [0.2, 0.25) is 0 Å². The summed E-state index contributed by atoms with van der Waals surface area (Å²) in [6.07, 6.45) is 0. The zero-order chi connectivity index (χ0) is 11.8. The van der Waals surface area contributed by atoms with Crippen LogP contribution in [0.25, 0.3) is 19.3 Å². The van der Waals surface area contributed by atoms with Crippen molar-refractivity contribution in [3.05, 3.63) is 43.5 Å². The molecular formula is C13H9BrSSe2.